The molecule has 0 atom stereocenters. The summed E-state index contributed by atoms with van der Waals surface area (Å²) in [5.74, 6) is 1.77. The molecule has 2 aromatic rings. The summed E-state index contributed by atoms with van der Waals surface area (Å²) in [6.45, 7) is 17.3. The van der Waals surface area contributed by atoms with Crippen LogP contribution in [-0.2, 0) is 10.8 Å². The lowest BCUT2D eigenvalue weighted by molar-refractivity contribution is 0.408. The molecule has 0 N–H and O–H groups in total. The Bertz CT molecular complexity index is 733. The number of rotatable bonds is 3. The highest BCUT2D eigenvalue weighted by Crippen LogP contribution is 2.40. The van der Waals surface area contributed by atoms with Crippen LogP contribution in [0.1, 0.15) is 63.8 Å². The van der Waals surface area contributed by atoms with Crippen LogP contribution < -0.4 is 9.47 Å². The second-order valence-corrected chi connectivity index (χ2v) is 9.00. The third-order valence-corrected chi connectivity index (χ3v) is 4.87. The molecule has 0 amide bonds. The Balaban J connectivity index is 2.86. The largest absolute Gasteiger partial charge is 0.496 e. The molecule has 140 valence electrons. The fourth-order valence-corrected chi connectivity index (χ4v) is 2.99. The van der Waals surface area contributed by atoms with Gasteiger partial charge in [-0.3, -0.25) is 0 Å². The van der Waals surface area contributed by atoms with Crippen molar-refractivity contribution in [2.45, 2.75) is 66.2 Å². The molecule has 0 unspecified atom stereocenters. The van der Waals surface area contributed by atoms with Gasteiger partial charge >= 0.3 is 0 Å². The minimum absolute atomic E-state index is 0.0185. The summed E-state index contributed by atoms with van der Waals surface area (Å²) in [6, 6.07) is 11.5. The second kappa shape index (κ2) is 6.98. The van der Waals surface area contributed by atoms with E-state index in [1.807, 2.05) is 0 Å². The first-order valence-corrected chi connectivity index (χ1v) is 9.13. The van der Waals surface area contributed by atoms with E-state index in [1.54, 1.807) is 14.2 Å². The molecule has 0 aromatic heterocycles. The zero-order valence-corrected chi connectivity index (χ0v) is 18.0. The third kappa shape index (κ3) is 3.90. The number of ether oxygens (including phenoxy) is 2. The Labute approximate surface area is 159 Å². The van der Waals surface area contributed by atoms with Gasteiger partial charge < -0.3 is 9.47 Å². The first-order valence-electron chi connectivity index (χ1n) is 9.13. The Morgan fingerprint density at radius 3 is 1.19 bits per heavy atom. The summed E-state index contributed by atoms with van der Waals surface area (Å²) in [5, 5.41) is 0. The molecule has 0 heterocycles. The van der Waals surface area contributed by atoms with Crippen molar-refractivity contribution in [2.75, 3.05) is 14.2 Å². The van der Waals surface area contributed by atoms with E-state index in [1.165, 1.54) is 0 Å². The van der Waals surface area contributed by atoms with Crippen molar-refractivity contribution in [1.82, 2.24) is 0 Å². The monoisotopic (exact) mass is 352 g/mol. The summed E-state index contributed by atoms with van der Waals surface area (Å²) in [4.78, 5) is 0. The van der Waals surface area contributed by atoms with Crippen LogP contribution in [0, 0.1) is 26.0 Å². The van der Waals surface area contributed by atoms with E-state index in [0.29, 0.717) is 0 Å². The summed E-state index contributed by atoms with van der Waals surface area (Å²) >= 11 is 0. The van der Waals surface area contributed by atoms with Crippen LogP contribution in [0.3, 0.4) is 0 Å². The summed E-state index contributed by atoms with van der Waals surface area (Å²) in [6.07, 6.45) is 0. The predicted octanol–water partition coefficient (Wildman–Crippen LogP) is 6.18. The molecule has 0 aliphatic rings. The Hall–Kier alpha value is -1.96. The van der Waals surface area contributed by atoms with Crippen LogP contribution in [0.15, 0.2) is 12.1 Å². The van der Waals surface area contributed by atoms with Crippen LogP contribution in [-0.4, -0.2) is 14.2 Å². The van der Waals surface area contributed by atoms with Crippen molar-refractivity contribution < 1.29 is 9.47 Å². The minimum atomic E-state index is -0.0185. The lowest BCUT2D eigenvalue weighted by atomic mass is 9.80. The molecule has 0 saturated carbocycles. The molecule has 2 aromatic carbocycles. The third-order valence-electron chi connectivity index (χ3n) is 4.87. The Kier molecular flexibility index (Phi) is 5.46. The fraction of sp³-hybridized carbons (Fsp3) is 0.500. The Morgan fingerprint density at radius 1 is 0.654 bits per heavy atom. The van der Waals surface area contributed by atoms with E-state index in [0.717, 1.165) is 44.9 Å². The van der Waals surface area contributed by atoms with Crippen LogP contribution in [0.2, 0.25) is 0 Å². The van der Waals surface area contributed by atoms with Crippen LogP contribution in [0.5, 0.6) is 11.5 Å². The average Bonchev–Trinajstić information content (AvgIpc) is 2.53. The highest BCUT2D eigenvalue weighted by Gasteiger charge is 2.23. The van der Waals surface area contributed by atoms with Crippen molar-refractivity contribution in [3.05, 3.63) is 46.5 Å². The smallest absolute Gasteiger partial charge is 0.122 e. The number of methoxy groups -OCH3 is 2. The van der Waals surface area contributed by atoms with E-state index < -0.39 is 0 Å². The SMILES string of the molecule is COc1cc(C(C)(C)C)[c]c(-c2[c]c(C(C)(C)C)cc(OC)c2C)c1C. The van der Waals surface area contributed by atoms with Gasteiger partial charge in [-0.2, -0.15) is 0 Å². The maximum atomic E-state index is 5.67. The van der Waals surface area contributed by atoms with Crippen LogP contribution in [0.25, 0.3) is 11.1 Å². The molecule has 2 rings (SSSR count). The molecule has 0 aliphatic heterocycles. The zero-order valence-electron chi connectivity index (χ0n) is 18.0. The van der Waals surface area contributed by atoms with Gasteiger partial charge in [0.25, 0.3) is 0 Å². The van der Waals surface area contributed by atoms with E-state index in [2.05, 4.69) is 79.7 Å². The van der Waals surface area contributed by atoms with Gasteiger partial charge in [0, 0.05) is 0 Å². The topological polar surface area (TPSA) is 18.5 Å². The quantitative estimate of drug-likeness (QED) is 0.656. The molecule has 26 heavy (non-hydrogen) atoms. The van der Waals surface area contributed by atoms with Crippen LogP contribution >= 0.6 is 0 Å². The van der Waals surface area contributed by atoms with E-state index in [-0.39, 0.29) is 10.8 Å². The molecule has 0 spiro atoms. The average molecular weight is 353 g/mol. The molecule has 2 nitrogen and oxygen atoms in total. The standard InChI is InChI=1S/C24H32O2/c1-15-19(11-17(23(3,4)5)13-21(15)25-9)20-12-18(24(6,7)8)14-22(26-10)16(20)2/h13-14H,1-10H3. The van der Waals surface area contributed by atoms with E-state index >= 15 is 0 Å². The normalized spacial score (nSPS) is 12.2. The molecule has 0 fully saturated rings. The predicted molar refractivity (Wildman–Crippen MR) is 110 cm³/mol. The highest BCUT2D eigenvalue weighted by atomic mass is 16.5. The lowest BCUT2D eigenvalue weighted by Gasteiger charge is -2.25. The minimum Gasteiger partial charge on any atom is -0.496 e. The number of hydrogen-bond donors (Lipinski definition) is 0. The van der Waals surface area contributed by atoms with Crippen LogP contribution in [0.4, 0.5) is 0 Å². The highest BCUT2D eigenvalue weighted by molar-refractivity contribution is 5.75. The van der Waals surface area contributed by atoms with Gasteiger partial charge in [0.2, 0.25) is 0 Å². The number of hydrogen-bond acceptors (Lipinski definition) is 2. The molecule has 2 heteroatoms. The van der Waals surface area contributed by atoms with Gasteiger partial charge in [-0.15, -0.1) is 0 Å². The second-order valence-electron chi connectivity index (χ2n) is 9.00. The molecular formula is C24H32O2. The van der Waals surface area contributed by atoms with Crippen molar-refractivity contribution in [2.24, 2.45) is 0 Å². The van der Waals surface area contributed by atoms with Crippen molar-refractivity contribution in [1.29, 1.82) is 0 Å². The maximum absolute atomic E-state index is 5.67. The summed E-state index contributed by atoms with van der Waals surface area (Å²) in [7, 11) is 3.45. The zero-order chi connectivity index (χ0) is 19.9. The van der Waals surface area contributed by atoms with Crippen molar-refractivity contribution in [3.8, 4) is 22.6 Å². The molecule has 2 radical (unpaired) electrons. The Morgan fingerprint density at radius 2 is 0.962 bits per heavy atom. The molecule has 0 aliphatic carbocycles. The lowest BCUT2D eigenvalue weighted by Crippen LogP contribution is -2.14. The van der Waals surface area contributed by atoms with Gasteiger partial charge in [0.05, 0.1) is 14.2 Å². The molecule has 0 saturated heterocycles. The molecule has 0 bridgehead atoms. The van der Waals surface area contributed by atoms with Gasteiger partial charge in [-0.05, 0) is 82.3 Å². The van der Waals surface area contributed by atoms with Gasteiger partial charge in [0.15, 0.2) is 0 Å². The van der Waals surface area contributed by atoms with Gasteiger partial charge in [-0.1, -0.05) is 41.5 Å². The van der Waals surface area contributed by atoms with E-state index in [9.17, 15) is 0 Å². The van der Waals surface area contributed by atoms with Crippen molar-refractivity contribution in [3.63, 3.8) is 0 Å². The fourth-order valence-electron chi connectivity index (χ4n) is 2.99. The van der Waals surface area contributed by atoms with E-state index in [4.69, 9.17) is 9.47 Å². The summed E-state index contributed by atoms with van der Waals surface area (Å²) < 4.78 is 11.3. The first-order chi connectivity index (χ1) is 11.9. The first kappa shape index (κ1) is 20.4. The maximum Gasteiger partial charge on any atom is 0.122 e. The van der Waals surface area contributed by atoms with Gasteiger partial charge in [-0.25, -0.2) is 0 Å². The van der Waals surface area contributed by atoms with Gasteiger partial charge in [0.1, 0.15) is 11.5 Å². The van der Waals surface area contributed by atoms with Crippen molar-refractivity contribution >= 4 is 0 Å². The summed E-state index contributed by atoms with van der Waals surface area (Å²) in [5.41, 5.74) is 6.45. The number of benzene rings is 2. The molecular weight excluding hydrogens is 320 g/mol.